The maximum atomic E-state index is 12.4. The number of hydrogen-bond donors (Lipinski definition) is 0. The van der Waals surface area contributed by atoms with Crippen molar-refractivity contribution in [3.05, 3.63) is 90.0 Å². The largest absolute Gasteiger partial charge is 1.00 e. The quantitative estimate of drug-likeness (QED) is 0.246. The van der Waals surface area contributed by atoms with Gasteiger partial charge in [-0.3, -0.25) is 0 Å². The van der Waals surface area contributed by atoms with E-state index >= 15 is 0 Å². The summed E-state index contributed by atoms with van der Waals surface area (Å²) in [5.74, 6) is 0. The van der Waals surface area contributed by atoms with Crippen LogP contribution in [0, 0.1) is 0 Å². The molecule has 0 fully saturated rings. The molecule has 3 aromatic carbocycles. The van der Waals surface area contributed by atoms with Crippen molar-refractivity contribution < 1.29 is 58.2 Å². The molecule has 3 aromatic rings. The van der Waals surface area contributed by atoms with Crippen LogP contribution in [0.1, 0.15) is 11.1 Å². The van der Waals surface area contributed by atoms with E-state index in [9.17, 15) is 39.3 Å². The minimum atomic E-state index is -4.39. The third-order valence-electron chi connectivity index (χ3n) is 3.75. The number of halogens is 6. The fourth-order valence-electron chi connectivity index (χ4n) is 2.24. The van der Waals surface area contributed by atoms with E-state index in [1.165, 1.54) is 48.5 Å². The van der Waals surface area contributed by atoms with E-state index < -0.39 is 33.6 Å². The second-order valence-corrected chi connectivity index (χ2v) is 8.83. The number of benzene rings is 3. The van der Waals surface area contributed by atoms with E-state index in [4.69, 9.17) is 0 Å². The van der Waals surface area contributed by atoms with Crippen molar-refractivity contribution in [2.24, 2.45) is 0 Å². The fourth-order valence-corrected chi connectivity index (χ4v) is 3.73. The van der Waals surface area contributed by atoms with Gasteiger partial charge in [-0.25, -0.2) is 8.42 Å². The maximum Gasteiger partial charge on any atom is 1.00 e. The van der Waals surface area contributed by atoms with Gasteiger partial charge >= 0.3 is 31.2 Å². The Morgan fingerprint density at radius 3 is 1.22 bits per heavy atom. The van der Waals surface area contributed by atoms with E-state index in [0.717, 1.165) is 24.3 Å². The molecule has 0 spiro atoms. The van der Waals surface area contributed by atoms with Gasteiger partial charge in [-0.15, -0.1) is 0 Å². The first kappa shape index (κ1) is 28.2. The Morgan fingerprint density at radius 1 is 0.625 bits per heavy atom. The average molecular weight is 486 g/mol. The summed E-state index contributed by atoms with van der Waals surface area (Å²) in [6, 6.07) is 16.4. The molecule has 0 aliphatic heterocycles. The van der Waals surface area contributed by atoms with Crippen LogP contribution in [0.3, 0.4) is 0 Å². The zero-order chi connectivity index (χ0) is 23.3. The molecule has 3 nitrogen and oxygen atoms in total. The second kappa shape index (κ2) is 11.4. The van der Waals surface area contributed by atoms with E-state index in [1.807, 2.05) is 0 Å². The van der Waals surface area contributed by atoms with Gasteiger partial charge in [0.05, 0.1) is 16.0 Å². The van der Waals surface area contributed by atoms with Crippen LogP contribution in [0.2, 0.25) is 0 Å². The summed E-state index contributed by atoms with van der Waals surface area (Å²) in [5, 5.41) is 1.26. The topological polar surface area (TPSA) is 57.2 Å². The van der Waals surface area contributed by atoms with Crippen LogP contribution < -0.4 is 29.5 Å². The first-order valence-corrected chi connectivity index (χ1v) is 10.8. The third kappa shape index (κ3) is 8.97. The van der Waals surface area contributed by atoms with Crippen molar-refractivity contribution >= 4 is 29.3 Å². The number of hydrogen-bond acceptors (Lipinski definition) is 3. The fraction of sp³-hybridized carbons (Fsp3) is 0.100. The van der Waals surface area contributed by atoms with Crippen molar-refractivity contribution in [1.82, 2.24) is 0 Å². The van der Waals surface area contributed by atoms with Gasteiger partial charge in [0.1, 0.15) is 10.1 Å². The van der Waals surface area contributed by atoms with Crippen molar-refractivity contribution in [3.63, 3.8) is 0 Å². The standard InChI is InChI=1S/C14H9F6P.C6H6O3S.Li/c15-13(16,17)9-1-5-11(6-2-9)21-12-7-3-10(4-8-12)14(18,19)20;7-10(8,9)6-4-2-1-3-5-6;/h1-8,21H;1-5H,(H,7,8,9);/q;;+1/p-1. The molecule has 0 unspecified atom stereocenters. The molecule has 0 radical (unpaired) electrons. The SMILES string of the molecule is FC(F)(F)c1ccc(Pc2ccc(C(F)(F)F)cc2)cc1.O=S(=O)([O-])c1ccccc1.[Li+]. The second-order valence-electron chi connectivity index (χ2n) is 6.04. The Kier molecular flexibility index (Phi) is 10.0. The minimum Gasteiger partial charge on any atom is -0.744 e. The summed E-state index contributed by atoms with van der Waals surface area (Å²) < 4.78 is 105. The van der Waals surface area contributed by atoms with Gasteiger partial charge in [-0.1, -0.05) is 51.0 Å². The summed E-state index contributed by atoms with van der Waals surface area (Å²) in [7, 11) is -4.25. The Bertz CT molecular complexity index is 1030. The van der Waals surface area contributed by atoms with Crippen LogP contribution in [0.15, 0.2) is 83.8 Å². The molecule has 0 amide bonds. The maximum absolute atomic E-state index is 12.4. The summed E-state index contributed by atoms with van der Waals surface area (Å²) in [5.41, 5.74) is -1.49. The van der Waals surface area contributed by atoms with Crippen molar-refractivity contribution in [1.29, 1.82) is 0 Å². The molecule has 166 valence electrons. The molecule has 0 heterocycles. The molecule has 12 heteroatoms. The average Bonchev–Trinajstić information content (AvgIpc) is 2.68. The van der Waals surface area contributed by atoms with Crippen LogP contribution >= 0.6 is 8.58 Å². The van der Waals surface area contributed by atoms with E-state index in [0.29, 0.717) is 10.6 Å². The van der Waals surface area contributed by atoms with Gasteiger partial charge in [0.15, 0.2) is 0 Å². The van der Waals surface area contributed by atoms with Gasteiger partial charge in [0, 0.05) is 0 Å². The van der Waals surface area contributed by atoms with Gasteiger partial charge in [-0.05, 0) is 47.0 Å². The summed E-state index contributed by atoms with van der Waals surface area (Å²) in [6.45, 7) is 0. The summed E-state index contributed by atoms with van der Waals surface area (Å²) in [4.78, 5) is -0.185. The Hall–Kier alpha value is -1.82. The van der Waals surface area contributed by atoms with Crippen molar-refractivity contribution in [2.45, 2.75) is 17.2 Å². The zero-order valence-corrected chi connectivity index (χ0v) is 18.2. The molecule has 0 saturated carbocycles. The molecule has 0 atom stereocenters. The van der Waals surface area contributed by atoms with E-state index in [2.05, 4.69) is 0 Å². The first-order valence-electron chi connectivity index (χ1n) is 8.39. The predicted octanol–water partition coefficient (Wildman–Crippen LogP) is 1.95. The van der Waals surface area contributed by atoms with Gasteiger partial charge < -0.3 is 4.55 Å². The van der Waals surface area contributed by atoms with Crippen LogP contribution in [0.25, 0.3) is 0 Å². The monoisotopic (exact) mass is 486 g/mol. The van der Waals surface area contributed by atoms with Gasteiger partial charge in [0.2, 0.25) is 0 Å². The molecular weight excluding hydrogens is 472 g/mol. The van der Waals surface area contributed by atoms with E-state index in [1.54, 1.807) is 6.07 Å². The Balaban J connectivity index is 0.000000393. The summed E-state index contributed by atoms with van der Waals surface area (Å²) >= 11 is 0. The molecule has 0 aliphatic carbocycles. The normalized spacial score (nSPS) is 11.7. The molecule has 0 aliphatic rings. The minimum absolute atomic E-state index is 0. The number of rotatable bonds is 3. The third-order valence-corrected chi connectivity index (χ3v) is 5.84. The van der Waals surface area contributed by atoms with Gasteiger partial charge in [0.25, 0.3) is 0 Å². The number of alkyl halides is 6. The van der Waals surface area contributed by atoms with Crippen LogP contribution in [0.4, 0.5) is 26.3 Å². The molecule has 0 bridgehead atoms. The molecule has 0 saturated heterocycles. The molecule has 0 aromatic heterocycles. The Labute approximate surface area is 194 Å². The van der Waals surface area contributed by atoms with Crippen LogP contribution in [0.5, 0.6) is 0 Å². The van der Waals surface area contributed by atoms with Crippen molar-refractivity contribution in [3.8, 4) is 0 Å². The molecule has 32 heavy (non-hydrogen) atoms. The first-order chi connectivity index (χ1) is 14.3. The Morgan fingerprint density at radius 2 is 0.969 bits per heavy atom. The predicted molar refractivity (Wildman–Crippen MR) is 105 cm³/mol. The molecule has 0 N–H and O–H groups in total. The van der Waals surface area contributed by atoms with Crippen LogP contribution in [-0.4, -0.2) is 13.0 Å². The summed E-state index contributed by atoms with van der Waals surface area (Å²) in [6.07, 6.45) is -8.79. The van der Waals surface area contributed by atoms with Crippen LogP contribution in [-0.2, 0) is 22.5 Å². The zero-order valence-electron chi connectivity index (χ0n) is 16.4. The smallest absolute Gasteiger partial charge is 0.744 e. The van der Waals surface area contributed by atoms with Gasteiger partial charge in [-0.2, -0.15) is 26.3 Å². The molecular formula is C20H14F6LiO3PS. The van der Waals surface area contributed by atoms with E-state index in [-0.39, 0.29) is 32.3 Å². The molecule has 3 rings (SSSR count). The van der Waals surface area contributed by atoms with Crippen molar-refractivity contribution in [2.75, 3.05) is 0 Å².